The van der Waals surface area contributed by atoms with E-state index in [4.69, 9.17) is 0 Å². The predicted octanol–water partition coefficient (Wildman–Crippen LogP) is 2.27. The normalized spacial score (nSPS) is 15.8. The molecule has 0 aromatic carbocycles. The number of hydrogen-bond acceptors (Lipinski definition) is 3. The first-order valence-electron chi connectivity index (χ1n) is 5.02. The quantitative estimate of drug-likeness (QED) is 0.786. The lowest BCUT2D eigenvalue weighted by Gasteiger charge is -2.27. The fourth-order valence-corrected chi connectivity index (χ4v) is 2.65. The smallest absolute Gasteiger partial charge is 0.0480 e. The molecule has 2 unspecified atom stereocenters. The van der Waals surface area contributed by atoms with E-state index in [-0.39, 0.29) is 12.6 Å². The number of aliphatic hydroxyl groups excluding tert-OH is 1. The van der Waals surface area contributed by atoms with Crippen molar-refractivity contribution in [3.63, 3.8) is 0 Å². The molecule has 0 saturated carbocycles. The first-order chi connectivity index (χ1) is 6.70. The van der Waals surface area contributed by atoms with Gasteiger partial charge in [-0.25, -0.2) is 0 Å². The average Bonchev–Trinajstić information content (AvgIpc) is 2.65. The maximum Gasteiger partial charge on any atom is 0.0480 e. The van der Waals surface area contributed by atoms with Gasteiger partial charge in [0.15, 0.2) is 0 Å². The fourth-order valence-electron chi connectivity index (χ4n) is 1.74. The van der Waals surface area contributed by atoms with Crippen molar-refractivity contribution in [2.45, 2.75) is 19.9 Å². The summed E-state index contributed by atoms with van der Waals surface area (Å²) >= 11 is 1.74. The number of nitrogens with one attached hydrogen (secondary N) is 1. The van der Waals surface area contributed by atoms with Gasteiger partial charge in [-0.15, -0.1) is 11.3 Å². The maximum atomic E-state index is 9.36. The molecule has 2 N–H and O–H groups in total. The summed E-state index contributed by atoms with van der Waals surface area (Å²) in [6.07, 6.45) is 0. The SMILES string of the molecule is CNC(c1cccs1)C(CO)C(C)C. The lowest BCUT2D eigenvalue weighted by atomic mass is 9.88. The summed E-state index contributed by atoms with van der Waals surface area (Å²) in [6, 6.07) is 4.45. The highest BCUT2D eigenvalue weighted by Gasteiger charge is 2.24. The topological polar surface area (TPSA) is 32.3 Å². The maximum absolute atomic E-state index is 9.36. The Bertz CT molecular complexity index is 246. The van der Waals surface area contributed by atoms with Crippen LogP contribution in [0.1, 0.15) is 24.8 Å². The van der Waals surface area contributed by atoms with Gasteiger partial charge in [0.2, 0.25) is 0 Å². The zero-order chi connectivity index (χ0) is 10.6. The van der Waals surface area contributed by atoms with Gasteiger partial charge in [-0.05, 0) is 24.4 Å². The number of hydrogen-bond donors (Lipinski definition) is 2. The number of aliphatic hydroxyl groups is 1. The molecule has 0 aliphatic rings. The molecule has 0 radical (unpaired) electrons. The average molecular weight is 213 g/mol. The Morgan fingerprint density at radius 1 is 1.50 bits per heavy atom. The van der Waals surface area contributed by atoms with Crippen LogP contribution in [0.15, 0.2) is 17.5 Å². The van der Waals surface area contributed by atoms with E-state index < -0.39 is 0 Å². The zero-order valence-electron chi connectivity index (χ0n) is 9.03. The molecule has 1 rings (SSSR count). The zero-order valence-corrected chi connectivity index (χ0v) is 9.84. The summed E-state index contributed by atoms with van der Waals surface area (Å²) in [5.74, 6) is 0.776. The Morgan fingerprint density at radius 3 is 2.57 bits per heavy atom. The molecule has 0 spiro atoms. The molecule has 0 saturated heterocycles. The second-order valence-electron chi connectivity index (χ2n) is 3.87. The van der Waals surface area contributed by atoms with Crippen molar-refractivity contribution in [2.24, 2.45) is 11.8 Å². The number of thiophene rings is 1. The van der Waals surface area contributed by atoms with Gasteiger partial charge in [0, 0.05) is 23.4 Å². The summed E-state index contributed by atoms with van der Waals surface area (Å²) in [5, 5.41) is 14.7. The molecule has 0 aliphatic heterocycles. The molecule has 80 valence electrons. The molecular weight excluding hydrogens is 194 g/mol. The summed E-state index contributed by atoms with van der Waals surface area (Å²) in [5.41, 5.74) is 0. The van der Waals surface area contributed by atoms with Crippen molar-refractivity contribution >= 4 is 11.3 Å². The van der Waals surface area contributed by atoms with E-state index >= 15 is 0 Å². The van der Waals surface area contributed by atoms with Crippen LogP contribution in [0.2, 0.25) is 0 Å². The van der Waals surface area contributed by atoms with E-state index in [9.17, 15) is 5.11 Å². The van der Waals surface area contributed by atoms with Crippen LogP contribution < -0.4 is 5.32 Å². The minimum atomic E-state index is 0.237. The minimum Gasteiger partial charge on any atom is -0.396 e. The largest absolute Gasteiger partial charge is 0.396 e. The van der Waals surface area contributed by atoms with Gasteiger partial charge in [-0.2, -0.15) is 0 Å². The van der Waals surface area contributed by atoms with Crippen molar-refractivity contribution in [3.8, 4) is 0 Å². The summed E-state index contributed by atoms with van der Waals surface area (Å²) < 4.78 is 0. The molecule has 2 atom stereocenters. The van der Waals surface area contributed by atoms with Crippen LogP contribution in [0, 0.1) is 11.8 Å². The highest BCUT2D eigenvalue weighted by atomic mass is 32.1. The highest BCUT2D eigenvalue weighted by molar-refractivity contribution is 7.10. The van der Waals surface area contributed by atoms with Crippen LogP contribution in [0.3, 0.4) is 0 Å². The second kappa shape index (κ2) is 5.49. The van der Waals surface area contributed by atoms with E-state index in [1.165, 1.54) is 4.88 Å². The Morgan fingerprint density at radius 2 is 2.21 bits per heavy atom. The monoisotopic (exact) mass is 213 g/mol. The van der Waals surface area contributed by atoms with E-state index in [2.05, 4.69) is 36.7 Å². The van der Waals surface area contributed by atoms with E-state index in [1.807, 2.05) is 7.05 Å². The molecule has 0 bridgehead atoms. The van der Waals surface area contributed by atoms with Crippen molar-refractivity contribution in [2.75, 3.05) is 13.7 Å². The molecule has 0 fully saturated rings. The Labute approximate surface area is 90.0 Å². The van der Waals surface area contributed by atoms with Gasteiger partial charge >= 0.3 is 0 Å². The Kier molecular flexibility index (Phi) is 4.58. The number of rotatable bonds is 5. The third-order valence-corrected chi connectivity index (χ3v) is 3.61. The summed E-state index contributed by atoms with van der Waals surface area (Å²) in [4.78, 5) is 1.31. The van der Waals surface area contributed by atoms with Crippen molar-refractivity contribution in [1.29, 1.82) is 0 Å². The predicted molar refractivity (Wildman–Crippen MR) is 61.5 cm³/mol. The summed E-state index contributed by atoms with van der Waals surface area (Å²) in [7, 11) is 1.95. The van der Waals surface area contributed by atoms with E-state index in [1.54, 1.807) is 11.3 Å². The molecule has 0 aliphatic carbocycles. The van der Waals surface area contributed by atoms with Gasteiger partial charge in [-0.3, -0.25) is 0 Å². The lowest BCUT2D eigenvalue weighted by molar-refractivity contribution is 0.155. The molecule has 1 aromatic heterocycles. The van der Waals surface area contributed by atoms with Gasteiger partial charge in [0.1, 0.15) is 0 Å². The fraction of sp³-hybridized carbons (Fsp3) is 0.636. The van der Waals surface area contributed by atoms with Crippen LogP contribution >= 0.6 is 11.3 Å². The van der Waals surface area contributed by atoms with Crippen LogP contribution in [0.4, 0.5) is 0 Å². The third-order valence-electron chi connectivity index (χ3n) is 2.66. The molecule has 1 heterocycles. The van der Waals surface area contributed by atoms with Crippen LogP contribution in [-0.4, -0.2) is 18.8 Å². The van der Waals surface area contributed by atoms with E-state index in [0.717, 1.165) is 0 Å². The van der Waals surface area contributed by atoms with Gasteiger partial charge in [-0.1, -0.05) is 19.9 Å². The second-order valence-corrected chi connectivity index (χ2v) is 4.85. The first kappa shape index (κ1) is 11.7. The minimum absolute atomic E-state index is 0.237. The third kappa shape index (κ3) is 2.56. The van der Waals surface area contributed by atoms with Gasteiger partial charge < -0.3 is 10.4 Å². The van der Waals surface area contributed by atoms with Crippen molar-refractivity contribution in [1.82, 2.24) is 5.32 Å². The van der Waals surface area contributed by atoms with Crippen LogP contribution in [0.25, 0.3) is 0 Å². The highest BCUT2D eigenvalue weighted by Crippen LogP contribution is 2.30. The van der Waals surface area contributed by atoms with E-state index in [0.29, 0.717) is 11.8 Å². The van der Waals surface area contributed by atoms with Crippen LogP contribution in [0.5, 0.6) is 0 Å². The van der Waals surface area contributed by atoms with Gasteiger partial charge in [0.25, 0.3) is 0 Å². The summed E-state index contributed by atoms with van der Waals surface area (Å²) in [6.45, 7) is 4.54. The molecule has 0 amide bonds. The molecule has 14 heavy (non-hydrogen) atoms. The Balaban J connectivity index is 2.79. The molecule has 2 nitrogen and oxygen atoms in total. The van der Waals surface area contributed by atoms with Crippen molar-refractivity contribution < 1.29 is 5.11 Å². The van der Waals surface area contributed by atoms with Gasteiger partial charge in [0.05, 0.1) is 0 Å². The Hall–Kier alpha value is -0.380. The standard InChI is InChI=1S/C11H19NOS/c1-8(2)9(7-13)11(12-3)10-5-4-6-14-10/h4-6,8-9,11-13H,7H2,1-3H3. The lowest BCUT2D eigenvalue weighted by Crippen LogP contribution is -2.30. The molecule has 3 heteroatoms. The molecular formula is C11H19NOS. The van der Waals surface area contributed by atoms with Crippen molar-refractivity contribution in [3.05, 3.63) is 22.4 Å². The van der Waals surface area contributed by atoms with Crippen LogP contribution in [-0.2, 0) is 0 Å². The first-order valence-corrected chi connectivity index (χ1v) is 5.90. The molecule has 1 aromatic rings.